The molecule has 148 valence electrons. The summed E-state index contributed by atoms with van der Waals surface area (Å²) < 4.78 is 14.9. The Labute approximate surface area is 166 Å². The second-order valence-electron chi connectivity index (χ2n) is 8.99. The van der Waals surface area contributed by atoms with E-state index in [9.17, 15) is 9.50 Å². The highest BCUT2D eigenvalue weighted by atomic mass is 19.1. The minimum atomic E-state index is -0.207. The van der Waals surface area contributed by atoms with Crippen molar-refractivity contribution in [3.63, 3.8) is 0 Å². The van der Waals surface area contributed by atoms with Crippen LogP contribution in [0.15, 0.2) is 42.5 Å². The fourth-order valence-electron chi connectivity index (χ4n) is 4.20. The van der Waals surface area contributed by atoms with Crippen LogP contribution in [-0.4, -0.2) is 34.2 Å². The zero-order valence-electron chi connectivity index (χ0n) is 16.9. The van der Waals surface area contributed by atoms with Crippen molar-refractivity contribution in [2.45, 2.75) is 51.6 Å². The van der Waals surface area contributed by atoms with Gasteiger partial charge in [0, 0.05) is 34.7 Å². The highest BCUT2D eigenvalue weighted by Crippen LogP contribution is 2.32. The van der Waals surface area contributed by atoms with E-state index in [4.69, 9.17) is 0 Å². The van der Waals surface area contributed by atoms with Gasteiger partial charge in [0.2, 0.25) is 0 Å². The van der Waals surface area contributed by atoms with Crippen LogP contribution >= 0.6 is 0 Å². The van der Waals surface area contributed by atoms with Gasteiger partial charge in [0.25, 0.3) is 0 Å². The van der Waals surface area contributed by atoms with Crippen LogP contribution in [0, 0.1) is 5.82 Å². The molecule has 1 fully saturated rings. The molecule has 1 aliphatic rings. The lowest BCUT2D eigenvalue weighted by molar-refractivity contribution is 0.152. The molecule has 1 atom stereocenters. The molecule has 0 aliphatic carbocycles. The molecule has 3 aromatic rings. The number of fused-ring (bicyclic) bond motifs is 1. The van der Waals surface area contributed by atoms with E-state index >= 15 is 0 Å². The maximum Gasteiger partial charge on any atom is 0.133 e. The molecule has 3 nitrogen and oxygen atoms in total. The predicted octanol–water partition coefficient (Wildman–Crippen LogP) is 5.23. The van der Waals surface area contributed by atoms with E-state index in [1.165, 1.54) is 5.56 Å². The first-order chi connectivity index (χ1) is 13.3. The molecular formula is C24H29FN2O. The lowest BCUT2D eigenvalue weighted by Crippen LogP contribution is -2.31. The summed E-state index contributed by atoms with van der Waals surface area (Å²) in [4.78, 5) is 5.66. The number of hydrogen-bond acceptors (Lipinski definition) is 2. The third-order valence-corrected chi connectivity index (χ3v) is 5.89. The zero-order valence-corrected chi connectivity index (χ0v) is 16.9. The summed E-state index contributed by atoms with van der Waals surface area (Å²) in [5.41, 5.74) is 4.66. The van der Waals surface area contributed by atoms with E-state index in [-0.39, 0.29) is 23.9 Å². The van der Waals surface area contributed by atoms with Crippen molar-refractivity contribution in [3.8, 4) is 11.1 Å². The van der Waals surface area contributed by atoms with Crippen molar-refractivity contribution >= 4 is 10.9 Å². The monoisotopic (exact) mass is 380 g/mol. The Morgan fingerprint density at radius 2 is 2.00 bits per heavy atom. The Kier molecular flexibility index (Phi) is 5.02. The summed E-state index contributed by atoms with van der Waals surface area (Å²) in [6, 6.07) is 14.1. The molecule has 1 unspecified atom stereocenters. The van der Waals surface area contributed by atoms with Crippen molar-refractivity contribution in [2.24, 2.45) is 0 Å². The quantitative estimate of drug-likeness (QED) is 0.651. The standard InChI is InChI=1S/C24H29FN2O/c1-24(2,3)18-7-4-6-16(10-18)21-12-17-11-19(26-23(17)13-22(21)25)14-27-9-5-8-20(27)15-28/h4,6-7,10-13,20,26,28H,5,8-9,14-15H2,1-3H3. The third kappa shape index (κ3) is 3.71. The van der Waals surface area contributed by atoms with Crippen molar-refractivity contribution < 1.29 is 9.50 Å². The third-order valence-electron chi connectivity index (χ3n) is 5.89. The zero-order chi connectivity index (χ0) is 19.9. The number of nitrogens with zero attached hydrogens (tertiary/aromatic N) is 1. The summed E-state index contributed by atoms with van der Waals surface area (Å²) in [5.74, 6) is -0.207. The Balaban J connectivity index is 1.67. The normalized spacial score (nSPS) is 18.2. The van der Waals surface area contributed by atoms with Gasteiger partial charge < -0.3 is 10.1 Å². The number of aliphatic hydroxyl groups excluding tert-OH is 1. The fraction of sp³-hybridized carbons (Fsp3) is 0.417. The van der Waals surface area contributed by atoms with E-state index in [2.05, 4.69) is 48.9 Å². The van der Waals surface area contributed by atoms with Gasteiger partial charge >= 0.3 is 0 Å². The lowest BCUT2D eigenvalue weighted by atomic mass is 9.85. The molecule has 0 bridgehead atoms. The smallest absolute Gasteiger partial charge is 0.133 e. The van der Waals surface area contributed by atoms with E-state index in [1.54, 1.807) is 6.07 Å². The van der Waals surface area contributed by atoms with Crippen molar-refractivity contribution in [2.75, 3.05) is 13.2 Å². The Hall–Kier alpha value is -2.17. The van der Waals surface area contributed by atoms with Gasteiger partial charge in [-0.25, -0.2) is 4.39 Å². The highest BCUT2D eigenvalue weighted by Gasteiger charge is 2.24. The van der Waals surface area contributed by atoms with Gasteiger partial charge in [-0.15, -0.1) is 0 Å². The molecule has 0 amide bonds. The molecule has 2 heterocycles. The molecule has 1 saturated heterocycles. The minimum absolute atomic E-state index is 0.0246. The number of nitrogens with one attached hydrogen (secondary N) is 1. The molecule has 4 rings (SSSR count). The molecule has 2 N–H and O–H groups in total. The molecule has 28 heavy (non-hydrogen) atoms. The summed E-state index contributed by atoms with van der Waals surface area (Å²) in [6.07, 6.45) is 2.16. The Morgan fingerprint density at radius 1 is 1.18 bits per heavy atom. The first kappa shape index (κ1) is 19.2. The summed E-state index contributed by atoms with van der Waals surface area (Å²) in [6.45, 7) is 8.46. The lowest BCUT2D eigenvalue weighted by Gasteiger charge is -2.21. The number of aromatic amines is 1. The Morgan fingerprint density at radius 3 is 2.75 bits per heavy atom. The van der Waals surface area contributed by atoms with E-state index in [1.807, 2.05) is 18.2 Å². The molecule has 2 aromatic carbocycles. The van der Waals surface area contributed by atoms with Crippen LogP contribution < -0.4 is 0 Å². The number of hydrogen-bond donors (Lipinski definition) is 2. The van der Waals surface area contributed by atoms with Crippen LogP contribution in [0.3, 0.4) is 0 Å². The molecular weight excluding hydrogens is 351 g/mol. The number of benzene rings is 2. The average molecular weight is 381 g/mol. The maximum absolute atomic E-state index is 14.9. The van der Waals surface area contributed by atoms with Crippen molar-refractivity contribution in [3.05, 3.63) is 59.5 Å². The maximum atomic E-state index is 14.9. The number of likely N-dealkylation sites (tertiary alicyclic amines) is 1. The van der Waals surface area contributed by atoms with Crippen LogP contribution in [0.2, 0.25) is 0 Å². The second kappa shape index (κ2) is 7.34. The molecule has 1 aromatic heterocycles. The molecule has 1 aliphatic heterocycles. The van der Waals surface area contributed by atoms with Crippen LogP contribution in [0.5, 0.6) is 0 Å². The summed E-state index contributed by atoms with van der Waals surface area (Å²) in [5, 5.41) is 10.6. The first-order valence-corrected chi connectivity index (χ1v) is 10.1. The number of aliphatic hydroxyl groups is 1. The molecule has 0 spiro atoms. The van der Waals surface area contributed by atoms with Gasteiger partial charge in [0.15, 0.2) is 0 Å². The van der Waals surface area contributed by atoms with E-state index < -0.39 is 0 Å². The number of halogens is 1. The number of H-pyrrole nitrogens is 1. The molecule has 0 radical (unpaired) electrons. The minimum Gasteiger partial charge on any atom is -0.395 e. The number of rotatable bonds is 4. The van der Waals surface area contributed by atoms with Gasteiger partial charge in [0.1, 0.15) is 5.82 Å². The van der Waals surface area contributed by atoms with Gasteiger partial charge in [-0.2, -0.15) is 0 Å². The van der Waals surface area contributed by atoms with E-state index in [0.717, 1.165) is 48.1 Å². The SMILES string of the molecule is CC(C)(C)c1cccc(-c2cc3cc(CN4CCCC4CO)[nH]c3cc2F)c1. The summed E-state index contributed by atoms with van der Waals surface area (Å²) in [7, 11) is 0. The topological polar surface area (TPSA) is 39.3 Å². The first-order valence-electron chi connectivity index (χ1n) is 10.1. The van der Waals surface area contributed by atoms with Crippen molar-refractivity contribution in [1.82, 2.24) is 9.88 Å². The largest absolute Gasteiger partial charge is 0.395 e. The van der Waals surface area contributed by atoms with Gasteiger partial charge in [0.05, 0.1) is 6.61 Å². The van der Waals surface area contributed by atoms with Crippen LogP contribution in [-0.2, 0) is 12.0 Å². The van der Waals surface area contributed by atoms with Crippen LogP contribution in [0.1, 0.15) is 44.9 Å². The second-order valence-corrected chi connectivity index (χ2v) is 8.99. The number of aromatic nitrogens is 1. The van der Waals surface area contributed by atoms with E-state index in [0.29, 0.717) is 5.56 Å². The summed E-state index contributed by atoms with van der Waals surface area (Å²) >= 11 is 0. The predicted molar refractivity (Wildman–Crippen MR) is 113 cm³/mol. The van der Waals surface area contributed by atoms with Crippen molar-refractivity contribution in [1.29, 1.82) is 0 Å². The molecule has 0 saturated carbocycles. The highest BCUT2D eigenvalue weighted by molar-refractivity contribution is 5.86. The van der Waals surface area contributed by atoms with Gasteiger partial charge in [-0.1, -0.05) is 45.0 Å². The average Bonchev–Trinajstić information content (AvgIpc) is 3.26. The van der Waals surface area contributed by atoms with Crippen LogP contribution in [0.4, 0.5) is 4.39 Å². The fourth-order valence-corrected chi connectivity index (χ4v) is 4.20. The van der Waals surface area contributed by atoms with Gasteiger partial charge in [-0.3, -0.25) is 4.90 Å². The van der Waals surface area contributed by atoms with Gasteiger partial charge in [-0.05, 0) is 54.1 Å². The molecule has 4 heteroatoms. The van der Waals surface area contributed by atoms with Crippen LogP contribution in [0.25, 0.3) is 22.0 Å². The Bertz CT molecular complexity index is 986.